The van der Waals surface area contributed by atoms with Gasteiger partial charge in [0.1, 0.15) is 10.6 Å². The summed E-state index contributed by atoms with van der Waals surface area (Å²) in [7, 11) is -1.53. The monoisotopic (exact) mass is 991 g/mol. The summed E-state index contributed by atoms with van der Waals surface area (Å²) in [6, 6.07) is 38.7. The number of hydrogen-bond donors (Lipinski definition) is 0. The van der Waals surface area contributed by atoms with Crippen LogP contribution >= 0.6 is 11.3 Å². The first-order chi connectivity index (χ1) is 29.5. The zero-order valence-corrected chi connectivity index (χ0v) is 39.2. The van der Waals surface area contributed by atoms with Crippen LogP contribution in [0.5, 0.6) is 0 Å². The van der Waals surface area contributed by atoms with Crippen LogP contribution in [0.3, 0.4) is 0 Å². The van der Waals surface area contributed by atoms with Gasteiger partial charge in [0.2, 0.25) is 0 Å². The minimum atomic E-state index is -2.50. The Bertz CT molecular complexity index is 3160. The zero-order valence-electron chi connectivity index (χ0n) is 40.0. The molecule has 0 aliphatic heterocycles. The van der Waals surface area contributed by atoms with E-state index in [0.717, 1.165) is 59.9 Å². The summed E-state index contributed by atoms with van der Waals surface area (Å²) < 4.78 is 48.1. The average molecular weight is 991 g/mol. The van der Waals surface area contributed by atoms with Crippen LogP contribution in [0.15, 0.2) is 119 Å². The van der Waals surface area contributed by atoms with Crippen LogP contribution in [-0.2, 0) is 31.9 Å². The van der Waals surface area contributed by atoms with Gasteiger partial charge in [-0.2, -0.15) is 0 Å². The molecule has 0 aliphatic carbocycles. The predicted octanol–water partition coefficient (Wildman–Crippen LogP) is 14.2. The summed E-state index contributed by atoms with van der Waals surface area (Å²) in [5, 5.41) is 11.0. The molecule has 0 unspecified atom stereocenters. The Morgan fingerprint density at radius 1 is 0.763 bits per heavy atom. The first-order valence-electron chi connectivity index (χ1n) is 22.2. The molecule has 0 amide bonds. The second-order valence-corrected chi connectivity index (χ2v) is 23.9. The molecule has 9 aromatic rings. The van der Waals surface area contributed by atoms with Crippen molar-refractivity contribution < 1.29 is 31.4 Å². The minimum Gasteiger partial charge on any atom is -0.501 e. The van der Waals surface area contributed by atoms with Crippen LogP contribution in [0.2, 0.25) is 19.6 Å². The number of rotatable bonds is 5. The fourth-order valence-electron chi connectivity index (χ4n) is 7.20. The van der Waals surface area contributed by atoms with E-state index in [1.54, 1.807) is 44.2 Å². The third-order valence-corrected chi connectivity index (χ3v) is 13.1. The van der Waals surface area contributed by atoms with Crippen molar-refractivity contribution in [1.82, 2.24) is 15.0 Å². The molecule has 0 atom stereocenters. The molecule has 7 heteroatoms. The molecule has 0 aliphatic rings. The van der Waals surface area contributed by atoms with E-state index in [1.165, 1.54) is 16.9 Å². The van der Waals surface area contributed by atoms with Crippen molar-refractivity contribution in [3.8, 4) is 33.1 Å². The van der Waals surface area contributed by atoms with Crippen molar-refractivity contribution in [1.29, 1.82) is 0 Å². The SMILES string of the molecule is CC(C)(C)c1csc(-c2cc(-c3[c-]cccc3)ncc2[Si](C)(C)C)n1.[2H]C([2H])([2H])c1cnc(-c2[c-]ccc3c2oc2cc4c(ccc5ccccc54)cc23)cc1C([2H])([2H])C(C)(C)C.[Ir]. The molecular formula is C52H51IrN3OSSi-2. The summed E-state index contributed by atoms with van der Waals surface area (Å²) in [4.78, 5) is 14.2. The van der Waals surface area contributed by atoms with Gasteiger partial charge in [-0.1, -0.05) is 126 Å². The molecular weight excluding hydrogens is 935 g/mol. The molecule has 0 saturated heterocycles. The molecule has 5 aromatic carbocycles. The first-order valence-corrected chi connectivity index (χ1v) is 24.0. The number of fused-ring (bicyclic) bond motifs is 6. The third kappa shape index (κ3) is 8.90. The summed E-state index contributed by atoms with van der Waals surface area (Å²) in [6.07, 6.45) is 1.42. The van der Waals surface area contributed by atoms with Crippen LogP contribution in [0.1, 0.15) is 65.2 Å². The Morgan fingerprint density at radius 3 is 2.24 bits per heavy atom. The molecule has 0 saturated carbocycles. The standard InChI is InChI=1S/C31H26NO.C21H25N2SSi.Ir/c1-19-18-32-28(15-22(19)17-31(2,3)4)25-11-7-10-24-27-14-21-13-12-20-8-5-6-9-23(20)26(21)16-29(27)33-30(24)25;1-21(2,3)19-14-24-20(23-19)16-12-17(15-10-8-7-9-11-15)22-13-18(16)25(4,5)6;/h5-10,12-16,18H,17H2,1-4H3;7-10,12-14H,1-6H3;/q2*-1;/i1D3,17D2;;. The molecule has 4 heterocycles. The molecule has 59 heavy (non-hydrogen) atoms. The van der Waals surface area contributed by atoms with Gasteiger partial charge in [-0.3, -0.25) is 0 Å². The molecule has 9 rings (SSSR count). The number of pyridine rings is 2. The number of hydrogen-bond acceptors (Lipinski definition) is 5. The van der Waals surface area contributed by atoms with Crippen molar-refractivity contribution in [2.24, 2.45) is 5.41 Å². The predicted molar refractivity (Wildman–Crippen MR) is 250 cm³/mol. The summed E-state index contributed by atoms with van der Waals surface area (Å²) in [6.45, 7) is 16.5. The summed E-state index contributed by atoms with van der Waals surface area (Å²) >= 11 is 1.74. The van der Waals surface area contributed by atoms with Crippen molar-refractivity contribution in [3.05, 3.63) is 144 Å². The molecule has 0 bridgehead atoms. The van der Waals surface area contributed by atoms with Crippen molar-refractivity contribution in [2.75, 3.05) is 0 Å². The van der Waals surface area contributed by atoms with E-state index in [0.29, 0.717) is 16.8 Å². The van der Waals surface area contributed by atoms with Gasteiger partial charge >= 0.3 is 0 Å². The largest absolute Gasteiger partial charge is 0.501 e. The fourth-order valence-corrected chi connectivity index (χ4v) is 9.82. The zero-order chi connectivity index (χ0) is 45.3. The minimum absolute atomic E-state index is 0. The number of nitrogens with zero attached hydrogens (tertiary/aromatic N) is 3. The molecule has 301 valence electrons. The average Bonchev–Trinajstić information content (AvgIpc) is 3.88. The van der Waals surface area contributed by atoms with E-state index in [2.05, 4.69) is 118 Å². The van der Waals surface area contributed by atoms with Crippen LogP contribution < -0.4 is 5.19 Å². The van der Waals surface area contributed by atoms with Gasteiger partial charge in [0.15, 0.2) is 0 Å². The van der Waals surface area contributed by atoms with E-state index in [9.17, 15) is 0 Å². The number of furan rings is 1. The van der Waals surface area contributed by atoms with E-state index >= 15 is 0 Å². The second kappa shape index (κ2) is 16.3. The van der Waals surface area contributed by atoms with Crippen molar-refractivity contribution >= 4 is 68.1 Å². The van der Waals surface area contributed by atoms with Gasteiger partial charge < -0.3 is 14.4 Å². The molecule has 0 spiro atoms. The summed E-state index contributed by atoms with van der Waals surface area (Å²) in [5.74, 6) is 0. The molecule has 0 N–H and O–H groups in total. The Kier molecular flexibility index (Phi) is 10.0. The van der Waals surface area contributed by atoms with E-state index in [4.69, 9.17) is 21.2 Å². The van der Waals surface area contributed by atoms with E-state index in [-0.39, 0.29) is 36.6 Å². The Morgan fingerprint density at radius 2 is 1.53 bits per heavy atom. The second-order valence-electron chi connectivity index (χ2n) is 18.0. The van der Waals surface area contributed by atoms with Crippen LogP contribution in [0.4, 0.5) is 0 Å². The number of benzene rings is 5. The van der Waals surface area contributed by atoms with Crippen LogP contribution in [0, 0.1) is 24.4 Å². The maximum atomic E-state index is 8.85. The smallest absolute Gasteiger partial charge is 0.122 e. The van der Waals surface area contributed by atoms with Gasteiger partial charge in [0, 0.05) is 61.1 Å². The Labute approximate surface area is 374 Å². The van der Waals surface area contributed by atoms with Gasteiger partial charge in [-0.25, -0.2) is 4.98 Å². The molecule has 1 radical (unpaired) electrons. The quantitative estimate of drug-likeness (QED) is 0.0979. The summed E-state index contributed by atoms with van der Waals surface area (Å²) in [5.41, 5.74) is 5.92. The maximum Gasteiger partial charge on any atom is 0.122 e. The maximum absolute atomic E-state index is 8.85. The topological polar surface area (TPSA) is 51.8 Å². The molecule has 0 fully saturated rings. The van der Waals surface area contributed by atoms with Gasteiger partial charge in [-0.05, 0) is 74.5 Å². The van der Waals surface area contributed by atoms with E-state index in [1.807, 2.05) is 36.4 Å². The number of thiazole rings is 1. The van der Waals surface area contributed by atoms with Crippen molar-refractivity contribution in [3.63, 3.8) is 0 Å². The number of aryl methyl sites for hydroxylation is 1. The van der Waals surface area contributed by atoms with Crippen LogP contribution in [0.25, 0.3) is 76.6 Å². The van der Waals surface area contributed by atoms with Crippen molar-refractivity contribution in [2.45, 2.75) is 79.8 Å². The van der Waals surface area contributed by atoms with Crippen LogP contribution in [-0.4, -0.2) is 23.0 Å². The fraction of sp³-hybridized carbons (Fsp3) is 0.250. The Hall–Kier alpha value is -4.78. The molecule has 4 nitrogen and oxygen atoms in total. The van der Waals surface area contributed by atoms with Gasteiger partial charge in [-0.15, -0.1) is 65.4 Å². The normalized spacial score (nSPS) is 13.9. The van der Waals surface area contributed by atoms with Gasteiger partial charge in [0.05, 0.1) is 19.4 Å². The number of aromatic nitrogens is 3. The molecule has 4 aromatic heterocycles. The Balaban J connectivity index is 0.000000205. The van der Waals surface area contributed by atoms with Gasteiger partial charge in [0.25, 0.3) is 0 Å². The third-order valence-electron chi connectivity index (χ3n) is 10.2. The van der Waals surface area contributed by atoms with E-state index < -0.39 is 26.7 Å². The first kappa shape index (κ1) is 36.1.